The molecule has 5 aromatic heterocycles. The van der Waals surface area contributed by atoms with E-state index in [1.807, 2.05) is 41.5 Å². The molecule has 6 aromatic rings. The van der Waals surface area contributed by atoms with Gasteiger partial charge < -0.3 is 38.4 Å². The number of para-hydroxylation sites is 1. The number of rotatable bonds is 10. The number of ether oxygens (including phenoxy) is 4. The Morgan fingerprint density at radius 1 is 0.736 bits per heavy atom. The highest BCUT2D eigenvalue weighted by Gasteiger charge is 2.20. The van der Waals surface area contributed by atoms with Gasteiger partial charge in [-0.15, -0.1) is 0 Å². The van der Waals surface area contributed by atoms with Crippen LogP contribution in [0.2, 0.25) is 10.3 Å². The molecule has 280 valence electrons. The van der Waals surface area contributed by atoms with Gasteiger partial charge in [0.15, 0.2) is 11.6 Å². The molecule has 1 aromatic carbocycles. The number of carbonyl (C=O) groups excluding carboxylic acids is 2. The number of hydrogen-bond acceptors (Lipinski definition) is 9. The molecule has 0 bridgehead atoms. The van der Waals surface area contributed by atoms with Gasteiger partial charge in [0, 0.05) is 43.1 Å². The van der Waals surface area contributed by atoms with Gasteiger partial charge >= 0.3 is 0 Å². The second kappa shape index (κ2) is 18.2. The number of nitrogens with one attached hydrogen (secondary N) is 2. The van der Waals surface area contributed by atoms with E-state index in [1.165, 1.54) is 32.4 Å². The quantitative estimate of drug-likeness (QED) is 0.140. The van der Waals surface area contributed by atoms with E-state index in [0.717, 1.165) is 0 Å². The Morgan fingerprint density at radius 3 is 1.70 bits per heavy atom. The molecule has 2 amide bonds. The molecule has 6 rings (SSSR count). The fraction of sp³-hybridized carbons (Fsp3) is 0.270. The van der Waals surface area contributed by atoms with Crippen molar-refractivity contribution in [3.8, 4) is 23.1 Å². The Balaban J connectivity index is 0.000000226. The van der Waals surface area contributed by atoms with Crippen LogP contribution in [-0.2, 0) is 0 Å². The number of fused-ring (bicyclic) bond motifs is 2. The molecule has 0 atom stereocenters. The van der Waals surface area contributed by atoms with E-state index in [1.54, 1.807) is 64.1 Å². The van der Waals surface area contributed by atoms with Crippen LogP contribution in [0.5, 0.6) is 23.1 Å². The van der Waals surface area contributed by atoms with Crippen molar-refractivity contribution in [2.75, 3.05) is 24.9 Å². The third-order valence-electron chi connectivity index (χ3n) is 6.90. The Labute approximate surface area is 316 Å². The predicted molar refractivity (Wildman–Crippen MR) is 203 cm³/mol. The lowest BCUT2D eigenvalue weighted by Crippen LogP contribution is -2.16. The number of carbonyl (C=O) groups is 2. The van der Waals surface area contributed by atoms with Crippen molar-refractivity contribution >= 4 is 57.7 Å². The summed E-state index contributed by atoms with van der Waals surface area (Å²) in [7, 11) is 2.77. The molecular weight excluding hydrogens is 728 g/mol. The number of benzene rings is 1. The Bertz CT molecular complexity index is 2210. The average Bonchev–Trinajstić information content (AvgIpc) is 3.67. The minimum Gasteiger partial charge on any atom is -0.493 e. The summed E-state index contributed by atoms with van der Waals surface area (Å²) in [5, 5.41) is 6.24. The maximum Gasteiger partial charge on any atom is 0.261 e. The fourth-order valence-corrected chi connectivity index (χ4v) is 5.24. The van der Waals surface area contributed by atoms with Crippen molar-refractivity contribution in [3.05, 3.63) is 101 Å². The zero-order valence-corrected chi connectivity index (χ0v) is 31.9. The number of imidazole rings is 2. The Kier molecular flexibility index (Phi) is 13.8. The van der Waals surface area contributed by atoms with E-state index in [-0.39, 0.29) is 35.3 Å². The van der Waals surface area contributed by atoms with Gasteiger partial charge in [-0.25, -0.2) is 19.3 Å². The summed E-state index contributed by atoms with van der Waals surface area (Å²) >= 11 is 11.9. The lowest BCUT2D eigenvalue weighted by molar-refractivity contribution is 0.101. The summed E-state index contributed by atoms with van der Waals surface area (Å²) in [6.07, 6.45) is 7.95. The molecule has 0 fully saturated rings. The van der Waals surface area contributed by atoms with Gasteiger partial charge in [-0.3, -0.25) is 9.59 Å². The van der Waals surface area contributed by atoms with Crippen molar-refractivity contribution in [2.45, 2.75) is 53.8 Å². The molecular formula is C37H40Cl2FN7O6. The molecule has 5 heterocycles. The van der Waals surface area contributed by atoms with E-state index < -0.39 is 11.7 Å². The van der Waals surface area contributed by atoms with Crippen molar-refractivity contribution < 1.29 is 32.9 Å². The number of methoxy groups -OCH3 is 2. The Morgan fingerprint density at radius 2 is 1.23 bits per heavy atom. The number of hydrogen-bond donors (Lipinski definition) is 2. The van der Waals surface area contributed by atoms with Gasteiger partial charge in [-0.1, -0.05) is 43.1 Å². The summed E-state index contributed by atoms with van der Waals surface area (Å²) in [5.74, 6) is -0.444. The number of pyridine rings is 3. The third-order valence-corrected chi connectivity index (χ3v) is 7.26. The molecule has 0 unspecified atom stereocenters. The summed E-state index contributed by atoms with van der Waals surface area (Å²) in [6, 6.07) is 10.8. The monoisotopic (exact) mass is 767 g/mol. The van der Waals surface area contributed by atoms with Crippen LogP contribution in [0.3, 0.4) is 0 Å². The number of halogens is 3. The van der Waals surface area contributed by atoms with Crippen molar-refractivity contribution in [1.82, 2.24) is 23.8 Å². The van der Waals surface area contributed by atoms with Gasteiger partial charge in [0.25, 0.3) is 11.8 Å². The minimum absolute atomic E-state index is 0.0727. The molecule has 0 aliphatic heterocycles. The van der Waals surface area contributed by atoms with Crippen LogP contribution < -0.4 is 29.6 Å². The fourth-order valence-electron chi connectivity index (χ4n) is 4.86. The van der Waals surface area contributed by atoms with Gasteiger partial charge in [0.05, 0.1) is 32.0 Å². The highest BCUT2D eigenvalue weighted by molar-refractivity contribution is 6.29. The van der Waals surface area contributed by atoms with Gasteiger partial charge in [-0.05, 0) is 52.0 Å². The molecule has 0 radical (unpaired) electrons. The molecule has 0 saturated carbocycles. The van der Waals surface area contributed by atoms with Crippen molar-refractivity contribution in [1.29, 1.82) is 0 Å². The second-order valence-corrected chi connectivity index (χ2v) is 12.2. The molecule has 2 N–H and O–H groups in total. The lowest BCUT2D eigenvalue weighted by Gasteiger charge is -2.16. The highest BCUT2D eigenvalue weighted by Crippen LogP contribution is 2.31. The molecule has 16 heteroatoms. The zero-order chi connectivity index (χ0) is 38.8. The van der Waals surface area contributed by atoms with Crippen LogP contribution in [0.25, 0.3) is 11.3 Å². The van der Waals surface area contributed by atoms with Crippen LogP contribution in [0.4, 0.5) is 15.8 Å². The standard InChI is InChI=1S/C18H17ClFN3O3.C17H17ClN4O3.C2H6/c1-10(2)26-14-7-16-22-15(19)9-23(16)8-13(14)21-18(24)11-5-4-6-12(20)17(11)25-3;1-10(2)25-13-7-15-21-14(18)9-22(15)8-12(13)20-16(23)11-5-4-6-19-17(11)24-3;1-2/h4-10H,1-3H3,(H,21,24);4-10H,1-3H3,(H,20,23);1-2H3. The van der Waals surface area contributed by atoms with Crippen molar-refractivity contribution in [3.63, 3.8) is 0 Å². The van der Waals surface area contributed by atoms with Gasteiger partial charge in [-0.2, -0.15) is 0 Å². The first kappa shape index (κ1) is 40.2. The SMILES string of the molecule is CC.COc1c(F)cccc1C(=O)Nc1cn2cc(Cl)nc2cc1OC(C)C.COc1ncccc1C(=O)Nc1cn2cc(Cl)nc2cc1OC(C)C. The topological polar surface area (TPSA) is 143 Å². The molecule has 53 heavy (non-hydrogen) atoms. The van der Waals surface area contributed by atoms with E-state index in [4.69, 9.17) is 42.1 Å². The minimum atomic E-state index is -0.615. The number of anilines is 2. The van der Waals surface area contributed by atoms with E-state index in [2.05, 4.69) is 25.6 Å². The summed E-state index contributed by atoms with van der Waals surface area (Å²) in [5.41, 5.74) is 2.49. The van der Waals surface area contributed by atoms with E-state index in [0.29, 0.717) is 50.0 Å². The number of nitrogens with zero attached hydrogens (tertiary/aromatic N) is 5. The molecule has 0 aliphatic rings. The lowest BCUT2D eigenvalue weighted by atomic mass is 10.1. The normalized spacial score (nSPS) is 10.7. The summed E-state index contributed by atoms with van der Waals surface area (Å²) in [6.45, 7) is 11.5. The second-order valence-electron chi connectivity index (χ2n) is 11.4. The van der Waals surface area contributed by atoms with Crippen LogP contribution in [0.15, 0.2) is 73.4 Å². The molecule has 0 spiro atoms. The molecule has 13 nitrogen and oxygen atoms in total. The first-order valence-electron chi connectivity index (χ1n) is 16.5. The van der Waals surface area contributed by atoms with Crippen LogP contribution in [0, 0.1) is 5.82 Å². The number of amides is 2. The number of aromatic nitrogens is 5. The maximum absolute atomic E-state index is 13.9. The first-order valence-corrected chi connectivity index (χ1v) is 17.3. The molecule has 0 saturated heterocycles. The zero-order valence-electron chi connectivity index (χ0n) is 30.4. The summed E-state index contributed by atoms with van der Waals surface area (Å²) in [4.78, 5) is 37.7. The van der Waals surface area contributed by atoms with Crippen molar-refractivity contribution in [2.24, 2.45) is 0 Å². The van der Waals surface area contributed by atoms with Crippen LogP contribution in [-0.4, -0.2) is 62.0 Å². The predicted octanol–water partition coefficient (Wildman–Crippen LogP) is 8.63. The first-order chi connectivity index (χ1) is 25.4. The van der Waals surface area contributed by atoms with E-state index in [9.17, 15) is 14.0 Å². The smallest absolute Gasteiger partial charge is 0.261 e. The van der Waals surface area contributed by atoms with Crippen LogP contribution in [0.1, 0.15) is 62.3 Å². The highest BCUT2D eigenvalue weighted by atomic mass is 35.5. The Hall–Kier alpha value is -5.60. The van der Waals surface area contributed by atoms with Gasteiger partial charge in [0.1, 0.15) is 50.0 Å². The largest absolute Gasteiger partial charge is 0.493 e. The maximum atomic E-state index is 13.9. The summed E-state index contributed by atoms with van der Waals surface area (Å²) < 4.78 is 38.9. The van der Waals surface area contributed by atoms with Gasteiger partial charge in [0.2, 0.25) is 5.88 Å². The van der Waals surface area contributed by atoms with Crippen LogP contribution >= 0.6 is 23.2 Å². The average molecular weight is 769 g/mol. The third kappa shape index (κ3) is 10.1. The van der Waals surface area contributed by atoms with E-state index >= 15 is 0 Å². The molecule has 0 aliphatic carbocycles.